The van der Waals surface area contributed by atoms with Crippen LogP contribution in [0.3, 0.4) is 0 Å². The van der Waals surface area contributed by atoms with Crippen LogP contribution in [0.5, 0.6) is 0 Å². The van der Waals surface area contributed by atoms with E-state index in [1.54, 1.807) is 0 Å². The van der Waals surface area contributed by atoms with E-state index in [0.29, 0.717) is 0 Å². The molecular formula is C60H34O. The first-order chi connectivity index (χ1) is 30.2. The van der Waals surface area contributed by atoms with E-state index in [-0.39, 0.29) is 0 Å². The minimum absolute atomic E-state index is 0.894. The molecule has 14 aromatic rings. The van der Waals surface area contributed by atoms with Gasteiger partial charge in [-0.25, -0.2) is 0 Å². The van der Waals surface area contributed by atoms with Crippen LogP contribution in [0.15, 0.2) is 211 Å². The predicted octanol–water partition coefficient (Wildman–Crippen LogP) is 17.2. The molecule has 0 bridgehead atoms. The zero-order chi connectivity index (χ0) is 39.8. The molecule has 1 heterocycles. The second-order valence-corrected chi connectivity index (χ2v) is 16.7. The Kier molecular flexibility index (Phi) is 6.62. The van der Waals surface area contributed by atoms with Crippen molar-refractivity contribution in [1.29, 1.82) is 0 Å². The summed E-state index contributed by atoms with van der Waals surface area (Å²) in [5.74, 6) is 0. The van der Waals surface area contributed by atoms with Crippen LogP contribution < -0.4 is 0 Å². The molecule has 13 aromatic carbocycles. The number of benzene rings is 13. The molecule has 1 nitrogen and oxygen atoms in total. The van der Waals surface area contributed by atoms with Crippen molar-refractivity contribution in [2.75, 3.05) is 0 Å². The highest BCUT2D eigenvalue weighted by Crippen LogP contribution is 2.49. The van der Waals surface area contributed by atoms with Gasteiger partial charge in [0.15, 0.2) is 0 Å². The summed E-state index contributed by atoms with van der Waals surface area (Å²) in [6, 6.07) is 76.7. The zero-order valence-corrected chi connectivity index (χ0v) is 33.0. The van der Waals surface area contributed by atoms with Gasteiger partial charge in [0.25, 0.3) is 0 Å². The van der Waals surface area contributed by atoms with Gasteiger partial charge in [-0.1, -0.05) is 176 Å². The van der Waals surface area contributed by atoms with E-state index in [4.69, 9.17) is 4.42 Å². The van der Waals surface area contributed by atoms with Crippen molar-refractivity contribution in [3.05, 3.63) is 206 Å². The molecule has 0 radical (unpaired) electrons. The molecule has 1 heteroatoms. The third-order valence-corrected chi connectivity index (χ3v) is 13.5. The average molecular weight is 771 g/mol. The molecule has 0 spiro atoms. The predicted molar refractivity (Wildman–Crippen MR) is 260 cm³/mol. The van der Waals surface area contributed by atoms with Crippen molar-refractivity contribution in [3.8, 4) is 44.5 Å². The molecule has 0 aliphatic heterocycles. The quantitative estimate of drug-likeness (QED) is 0.162. The fourth-order valence-corrected chi connectivity index (χ4v) is 10.8. The normalized spacial score (nSPS) is 12.3. The van der Waals surface area contributed by atoms with Crippen LogP contribution in [0.25, 0.3) is 142 Å². The van der Waals surface area contributed by atoms with Crippen LogP contribution in [0.1, 0.15) is 0 Å². The lowest BCUT2D eigenvalue weighted by molar-refractivity contribution is 0.672. The number of fused-ring (bicyclic) bond motifs is 5. The summed E-state index contributed by atoms with van der Waals surface area (Å²) in [5, 5.41) is 20.0. The highest BCUT2D eigenvalue weighted by atomic mass is 16.3. The molecule has 0 fully saturated rings. The molecule has 0 saturated carbocycles. The monoisotopic (exact) mass is 770 g/mol. The first kappa shape index (κ1) is 32.9. The summed E-state index contributed by atoms with van der Waals surface area (Å²) in [5.41, 5.74) is 11.4. The number of hydrogen-bond donors (Lipinski definition) is 0. The lowest BCUT2D eigenvalue weighted by Crippen LogP contribution is -1.95. The van der Waals surface area contributed by atoms with Gasteiger partial charge in [-0.15, -0.1) is 0 Å². The number of hydrogen-bond acceptors (Lipinski definition) is 1. The van der Waals surface area contributed by atoms with Gasteiger partial charge in [0, 0.05) is 16.2 Å². The fourth-order valence-electron chi connectivity index (χ4n) is 10.8. The van der Waals surface area contributed by atoms with Crippen LogP contribution in [-0.4, -0.2) is 0 Å². The van der Waals surface area contributed by atoms with Gasteiger partial charge in [0.2, 0.25) is 0 Å². The van der Waals surface area contributed by atoms with Crippen LogP contribution in [0.4, 0.5) is 0 Å². The Morgan fingerprint density at radius 2 is 0.770 bits per heavy atom. The fraction of sp³-hybridized carbons (Fsp3) is 0. The Labute approximate surface area is 351 Å². The standard InChI is InChI=1S/C60H34O/c1-2-8-35(9-3-1)51-33-44(45-26-21-41-18-16-37-11-6-13-39-23-28-48(45)58(41)55(37)39)34-53(47-27-22-42-19-17-38-12-7-14-40-24-29-49(47)59(42)56(38)40)57(51)43-25-31-54-52(32-43)50-30-20-36-10-4-5-15-46(36)60(50)61-54/h1-34H. The maximum absolute atomic E-state index is 6.68. The first-order valence-electron chi connectivity index (χ1n) is 21.2. The third kappa shape index (κ3) is 4.66. The second-order valence-electron chi connectivity index (χ2n) is 16.7. The topological polar surface area (TPSA) is 13.1 Å². The van der Waals surface area contributed by atoms with Gasteiger partial charge >= 0.3 is 0 Å². The molecule has 0 atom stereocenters. The van der Waals surface area contributed by atoms with E-state index < -0.39 is 0 Å². The summed E-state index contributed by atoms with van der Waals surface area (Å²) in [4.78, 5) is 0. The molecule has 14 rings (SSSR count). The molecule has 0 N–H and O–H groups in total. The van der Waals surface area contributed by atoms with Gasteiger partial charge in [0.1, 0.15) is 11.2 Å². The average Bonchev–Trinajstić information content (AvgIpc) is 3.71. The van der Waals surface area contributed by atoms with Crippen LogP contribution in [-0.2, 0) is 0 Å². The molecule has 0 aliphatic carbocycles. The maximum atomic E-state index is 6.68. The molecule has 0 aliphatic rings. The van der Waals surface area contributed by atoms with Crippen molar-refractivity contribution in [2.24, 2.45) is 0 Å². The van der Waals surface area contributed by atoms with Crippen molar-refractivity contribution in [3.63, 3.8) is 0 Å². The first-order valence-corrected chi connectivity index (χ1v) is 21.2. The van der Waals surface area contributed by atoms with E-state index in [9.17, 15) is 0 Å². The Morgan fingerprint density at radius 3 is 1.48 bits per heavy atom. The van der Waals surface area contributed by atoms with Gasteiger partial charge in [-0.05, 0) is 145 Å². The number of furan rings is 1. The Bertz CT molecular complexity index is 4060. The molecule has 61 heavy (non-hydrogen) atoms. The molecular weight excluding hydrogens is 737 g/mol. The Morgan fingerprint density at radius 1 is 0.246 bits per heavy atom. The van der Waals surface area contributed by atoms with E-state index in [2.05, 4.69) is 206 Å². The summed E-state index contributed by atoms with van der Waals surface area (Å²) >= 11 is 0. The lowest BCUT2D eigenvalue weighted by Gasteiger charge is -2.22. The summed E-state index contributed by atoms with van der Waals surface area (Å²) in [7, 11) is 0. The zero-order valence-electron chi connectivity index (χ0n) is 33.0. The smallest absolute Gasteiger partial charge is 0.143 e. The van der Waals surface area contributed by atoms with Gasteiger partial charge < -0.3 is 4.42 Å². The van der Waals surface area contributed by atoms with Crippen molar-refractivity contribution in [1.82, 2.24) is 0 Å². The van der Waals surface area contributed by atoms with Crippen LogP contribution in [0, 0.1) is 0 Å². The lowest BCUT2D eigenvalue weighted by atomic mass is 9.81. The molecule has 0 amide bonds. The van der Waals surface area contributed by atoms with Gasteiger partial charge in [-0.3, -0.25) is 0 Å². The minimum Gasteiger partial charge on any atom is -0.455 e. The van der Waals surface area contributed by atoms with Gasteiger partial charge in [-0.2, -0.15) is 0 Å². The van der Waals surface area contributed by atoms with Crippen molar-refractivity contribution < 1.29 is 4.42 Å². The third-order valence-electron chi connectivity index (χ3n) is 13.5. The van der Waals surface area contributed by atoms with E-state index in [1.807, 2.05) is 0 Å². The Balaban J connectivity index is 1.13. The summed E-state index contributed by atoms with van der Waals surface area (Å²) in [6.45, 7) is 0. The highest BCUT2D eigenvalue weighted by molar-refractivity contribution is 6.28. The largest absolute Gasteiger partial charge is 0.455 e. The summed E-state index contributed by atoms with van der Waals surface area (Å²) in [6.07, 6.45) is 0. The van der Waals surface area contributed by atoms with E-state index in [1.165, 1.54) is 109 Å². The summed E-state index contributed by atoms with van der Waals surface area (Å²) < 4.78 is 6.68. The minimum atomic E-state index is 0.894. The molecule has 0 saturated heterocycles. The second kappa shape index (κ2) is 12.3. The maximum Gasteiger partial charge on any atom is 0.143 e. The van der Waals surface area contributed by atoms with Crippen molar-refractivity contribution in [2.45, 2.75) is 0 Å². The highest BCUT2D eigenvalue weighted by Gasteiger charge is 2.23. The molecule has 0 unspecified atom stereocenters. The van der Waals surface area contributed by atoms with Crippen LogP contribution in [0.2, 0.25) is 0 Å². The van der Waals surface area contributed by atoms with E-state index >= 15 is 0 Å². The molecule has 280 valence electrons. The number of rotatable bonds is 4. The van der Waals surface area contributed by atoms with Crippen LogP contribution >= 0.6 is 0 Å². The SMILES string of the molecule is c1ccc(-c2cc(-c3ccc4ccc5cccc6ccc3c4c56)cc(-c3ccc4ccc5cccc6ccc3c4c56)c2-c2ccc3oc4c5ccccc5ccc4c3c2)cc1. The van der Waals surface area contributed by atoms with Crippen molar-refractivity contribution >= 4 is 97.3 Å². The van der Waals surface area contributed by atoms with Gasteiger partial charge in [0.05, 0.1) is 0 Å². The van der Waals surface area contributed by atoms with E-state index in [0.717, 1.165) is 32.9 Å². The Hall–Kier alpha value is -8.00. The molecule has 1 aromatic heterocycles.